The van der Waals surface area contributed by atoms with E-state index < -0.39 is 0 Å². The van der Waals surface area contributed by atoms with Crippen molar-refractivity contribution in [2.24, 2.45) is 5.92 Å². The molecule has 1 heterocycles. The second kappa shape index (κ2) is 5.44. The first kappa shape index (κ1) is 13.4. The van der Waals surface area contributed by atoms with Crippen LogP contribution >= 0.6 is 0 Å². The van der Waals surface area contributed by atoms with E-state index in [4.69, 9.17) is 5.73 Å². The van der Waals surface area contributed by atoms with Crippen LogP contribution in [0.15, 0.2) is 18.2 Å². The SMILES string of the molecule is Cc1cc(C(=O)N2CCN(CC3CC3)CC2)ccc1N. The van der Waals surface area contributed by atoms with Crippen molar-refractivity contribution in [2.45, 2.75) is 19.8 Å². The molecule has 4 nitrogen and oxygen atoms in total. The molecular formula is C16H23N3O. The molecule has 2 fully saturated rings. The van der Waals surface area contributed by atoms with Gasteiger partial charge in [-0.2, -0.15) is 0 Å². The van der Waals surface area contributed by atoms with Crippen LogP contribution in [0.5, 0.6) is 0 Å². The quantitative estimate of drug-likeness (QED) is 0.854. The first-order valence-corrected chi connectivity index (χ1v) is 7.51. The summed E-state index contributed by atoms with van der Waals surface area (Å²) in [5, 5.41) is 0. The highest BCUT2D eigenvalue weighted by Crippen LogP contribution is 2.30. The molecule has 1 aliphatic carbocycles. The second-order valence-electron chi connectivity index (χ2n) is 6.11. The molecule has 4 heteroatoms. The van der Waals surface area contributed by atoms with Crippen LogP contribution in [0.3, 0.4) is 0 Å². The normalized spacial score (nSPS) is 20.1. The number of carbonyl (C=O) groups is 1. The number of hydrogen-bond acceptors (Lipinski definition) is 3. The lowest BCUT2D eigenvalue weighted by molar-refractivity contribution is 0.0632. The molecule has 0 spiro atoms. The third-order valence-corrected chi connectivity index (χ3v) is 4.39. The van der Waals surface area contributed by atoms with Crippen molar-refractivity contribution in [3.8, 4) is 0 Å². The van der Waals surface area contributed by atoms with Crippen LogP contribution in [-0.4, -0.2) is 48.4 Å². The summed E-state index contributed by atoms with van der Waals surface area (Å²) < 4.78 is 0. The fourth-order valence-corrected chi connectivity index (χ4v) is 2.79. The van der Waals surface area contributed by atoms with Crippen molar-refractivity contribution in [2.75, 3.05) is 38.5 Å². The van der Waals surface area contributed by atoms with Crippen LogP contribution in [0.2, 0.25) is 0 Å². The molecule has 1 aromatic rings. The summed E-state index contributed by atoms with van der Waals surface area (Å²) in [5.41, 5.74) is 8.28. The zero-order valence-electron chi connectivity index (χ0n) is 12.1. The van der Waals surface area contributed by atoms with Gasteiger partial charge >= 0.3 is 0 Å². The molecule has 1 amide bonds. The van der Waals surface area contributed by atoms with E-state index in [-0.39, 0.29) is 5.91 Å². The van der Waals surface area contributed by atoms with Gasteiger partial charge in [0.1, 0.15) is 0 Å². The number of rotatable bonds is 3. The lowest BCUT2D eigenvalue weighted by atomic mass is 10.1. The van der Waals surface area contributed by atoms with Gasteiger partial charge in [0.25, 0.3) is 5.91 Å². The second-order valence-corrected chi connectivity index (χ2v) is 6.11. The third kappa shape index (κ3) is 2.96. The Bertz CT molecular complexity index is 502. The van der Waals surface area contributed by atoms with Crippen LogP contribution in [0.1, 0.15) is 28.8 Å². The summed E-state index contributed by atoms with van der Waals surface area (Å²) >= 11 is 0. The smallest absolute Gasteiger partial charge is 0.253 e. The number of anilines is 1. The number of carbonyl (C=O) groups excluding carboxylic acids is 1. The Morgan fingerprint density at radius 1 is 1.25 bits per heavy atom. The van der Waals surface area contributed by atoms with Crippen molar-refractivity contribution in [3.63, 3.8) is 0 Å². The average Bonchev–Trinajstić information content (AvgIpc) is 3.26. The maximum absolute atomic E-state index is 12.5. The van der Waals surface area contributed by atoms with Gasteiger partial charge < -0.3 is 10.6 Å². The topological polar surface area (TPSA) is 49.6 Å². The fraction of sp³-hybridized carbons (Fsp3) is 0.562. The van der Waals surface area contributed by atoms with Crippen molar-refractivity contribution in [3.05, 3.63) is 29.3 Å². The Kier molecular flexibility index (Phi) is 3.66. The molecule has 3 rings (SSSR count). The molecule has 1 saturated carbocycles. The highest BCUT2D eigenvalue weighted by molar-refractivity contribution is 5.95. The van der Waals surface area contributed by atoms with E-state index in [0.717, 1.165) is 48.9 Å². The number of hydrogen-bond donors (Lipinski definition) is 1. The van der Waals surface area contributed by atoms with Crippen LogP contribution in [-0.2, 0) is 0 Å². The van der Waals surface area contributed by atoms with Crippen LogP contribution < -0.4 is 5.73 Å². The summed E-state index contributed by atoms with van der Waals surface area (Å²) in [6.07, 6.45) is 2.79. The van der Waals surface area contributed by atoms with Crippen molar-refractivity contribution >= 4 is 11.6 Å². The van der Waals surface area contributed by atoms with Gasteiger partial charge in [0.2, 0.25) is 0 Å². The van der Waals surface area contributed by atoms with E-state index in [1.54, 1.807) is 0 Å². The van der Waals surface area contributed by atoms with Crippen LogP contribution in [0.25, 0.3) is 0 Å². The largest absolute Gasteiger partial charge is 0.399 e. The molecule has 1 saturated heterocycles. The van der Waals surface area contributed by atoms with Gasteiger partial charge in [0, 0.05) is 44.0 Å². The molecule has 0 radical (unpaired) electrons. The summed E-state index contributed by atoms with van der Waals surface area (Å²) in [6.45, 7) is 6.87. The zero-order chi connectivity index (χ0) is 14.1. The third-order valence-electron chi connectivity index (χ3n) is 4.39. The van der Waals surface area contributed by atoms with Gasteiger partial charge in [-0.05, 0) is 49.4 Å². The van der Waals surface area contributed by atoms with Crippen molar-refractivity contribution in [1.82, 2.24) is 9.80 Å². The highest BCUT2D eigenvalue weighted by Gasteiger charge is 2.27. The lowest BCUT2D eigenvalue weighted by Gasteiger charge is -2.34. The van der Waals surface area contributed by atoms with Gasteiger partial charge in [-0.3, -0.25) is 9.69 Å². The predicted molar refractivity (Wildman–Crippen MR) is 80.7 cm³/mol. The lowest BCUT2D eigenvalue weighted by Crippen LogP contribution is -2.49. The molecule has 0 bridgehead atoms. The van der Waals surface area contributed by atoms with E-state index in [1.807, 2.05) is 30.0 Å². The average molecular weight is 273 g/mol. The molecule has 0 unspecified atom stereocenters. The van der Waals surface area contributed by atoms with Gasteiger partial charge in [0.05, 0.1) is 0 Å². The van der Waals surface area contributed by atoms with E-state index >= 15 is 0 Å². The maximum atomic E-state index is 12.5. The van der Waals surface area contributed by atoms with E-state index in [1.165, 1.54) is 19.4 Å². The van der Waals surface area contributed by atoms with E-state index in [9.17, 15) is 4.79 Å². The first-order chi connectivity index (χ1) is 9.63. The Morgan fingerprint density at radius 2 is 1.95 bits per heavy atom. The van der Waals surface area contributed by atoms with E-state index in [2.05, 4.69) is 4.90 Å². The van der Waals surface area contributed by atoms with E-state index in [0.29, 0.717) is 0 Å². The number of aryl methyl sites for hydroxylation is 1. The number of amides is 1. The molecule has 20 heavy (non-hydrogen) atoms. The Balaban J connectivity index is 1.58. The number of nitrogens with two attached hydrogens (primary N) is 1. The molecule has 2 aliphatic rings. The number of nitrogen functional groups attached to an aromatic ring is 1. The molecule has 1 aromatic carbocycles. The van der Waals surface area contributed by atoms with Gasteiger partial charge in [-0.1, -0.05) is 0 Å². The van der Waals surface area contributed by atoms with Gasteiger partial charge in [-0.15, -0.1) is 0 Å². The maximum Gasteiger partial charge on any atom is 0.253 e. The summed E-state index contributed by atoms with van der Waals surface area (Å²) in [7, 11) is 0. The summed E-state index contributed by atoms with van der Waals surface area (Å²) in [4.78, 5) is 16.9. The number of benzene rings is 1. The Morgan fingerprint density at radius 3 is 2.55 bits per heavy atom. The number of nitrogens with zero attached hydrogens (tertiary/aromatic N) is 2. The number of piperazine rings is 1. The minimum absolute atomic E-state index is 0.138. The Hall–Kier alpha value is -1.55. The van der Waals surface area contributed by atoms with Gasteiger partial charge in [0.15, 0.2) is 0 Å². The van der Waals surface area contributed by atoms with Crippen LogP contribution in [0, 0.1) is 12.8 Å². The fourth-order valence-electron chi connectivity index (χ4n) is 2.79. The monoisotopic (exact) mass is 273 g/mol. The minimum atomic E-state index is 0.138. The summed E-state index contributed by atoms with van der Waals surface area (Å²) in [5.74, 6) is 1.07. The van der Waals surface area contributed by atoms with Crippen molar-refractivity contribution < 1.29 is 4.79 Å². The molecule has 108 valence electrons. The molecule has 0 aromatic heterocycles. The minimum Gasteiger partial charge on any atom is -0.399 e. The highest BCUT2D eigenvalue weighted by atomic mass is 16.2. The molecule has 0 atom stereocenters. The zero-order valence-corrected chi connectivity index (χ0v) is 12.1. The van der Waals surface area contributed by atoms with Gasteiger partial charge in [-0.25, -0.2) is 0 Å². The predicted octanol–water partition coefficient (Wildman–Crippen LogP) is 1.75. The van der Waals surface area contributed by atoms with Crippen LogP contribution in [0.4, 0.5) is 5.69 Å². The molecule has 1 aliphatic heterocycles. The van der Waals surface area contributed by atoms with Crippen molar-refractivity contribution in [1.29, 1.82) is 0 Å². The Labute approximate surface area is 120 Å². The summed E-state index contributed by atoms with van der Waals surface area (Å²) in [6, 6.07) is 5.56. The standard InChI is InChI=1S/C16H23N3O/c1-12-10-14(4-5-15(12)17)16(20)19-8-6-18(7-9-19)11-13-2-3-13/h4-5,10,13H,2-3,6-9,11,17H2,1H3. The first-order valence-electron chi connectivity index (χ1n) is 7.51. The molecular weight excluding hydrogens is 250 g/mol. The molecule has 2 N–H and O–H groups in total.